The standard InChI is InChI=1S/C19H26N2S/c1-12(15-9-10-15)21-19-18(13(2)20-11-14-7-8-14)16-5-3-4-6-17(16)22-19/h14-15,20-21H,1-11H2. The first-order valence-corrected chi connectivity index (χ1v) is 9.57. The molecule has 0 saturated heterocycles. The molecule has 118 valence electrons. The van der Waals surface area contributed by atoms with Gasteiger partial charge in [0.1, 0.15) is 5.00 Å². The van der Waals surface area contributed by atoms with Gasteiger partial charge in [0.15, 0.2) is 0 Å². The van der Waals surface area contributed by atoms with Crippen molar-refractivity contribution in [2.75, 3.05) is 11.9 Å². The Morgan fingerprint density at radius 2 is 1.86 bits per heavy atom. The van der Waals surface area contributed by atoms with E-state index in [4.69, 9.17) is 0 Å². The van der Waals surface area contributed by atoms with Crippen molar-refractivity contribution in [3.05, 3.63) is 34.9 Å². The van der Waals surface area contributed by atoms with Crippen molar-refractivity contribution >= 4 is 22.0 Å². The van der Waals surface area contributed by atoms with Crippen molar-refractivity contribution in [2.24, 2.45) is 11.8 Å². The lowest BCUT2D eigenvalue weighted by molar-refractivity contribution is 0.694. The summed E-state index contributed by atoms with van der Waals surface area (Å²) in [5.74, 6) is 1.57. The van der Waals surface area contributed by atoms with E-state index in [2.05, 4.69) is 23.8 Å². The van der Waals surface area contributed by atoms with Gasteiger partial charge < -0.3 is 10.6 Å². The predicted octanol–water partition coefficient (Wildman–Crippen LogP) is 4.93. The van der Waals surface area contributed by atoms with E-state index in [1.807, 2.05) is 11.3 Å². The van der Waals surface area contributed by atoms with Crippen LogP contribution in [0.1, 0.15) is 54.5 Å². The molecule has 0 aromatic carbocycles. The number of anilines is 1. The molecule has 22 heavy (non-hydrogen) atoms. The summed E-state index contributed by atoms with van der Waals surface area (Å²) in [6.07, 6.45) is 10.5. The highest BCUT2D eigenvalue weighted by atomic mass is 32.1. The summed E-state index contributed by atoms with van der Waals surface area (Å²) in [5, 5.41) is 8.52. The zero-order valence-electron chi connectivity index (χ0n) is 13.3. The monoisotopic (exact) mass is 314 g/mol. The normalized spacial score (nSPS) is 20.4. The molecular formula is C19H26N2S. The summed E-state index contributed by atoms with van der Waals surface area (Å²) in [7, 11) is 0. The SMILES string of the molecule is C=C(NCC1CC1)c1c(NC(=C)C2CC2)sc2c1CCCC2. The van der Waals surface area contributed by atoms with Gasteiger partial charge in [-0.3, -0.25) is 0 Å². The molecule has 0 radical (unpaired) electrons. The van der Waals surface area contributed by atoms with Crippen molar-refractivity contribution in [2.45, 2.75) is 51.4 Å². The van der Waals surface area contributed by atoms with Gasteiger partial charge in [-0.25, -0.2) is 0 Å². The van der Waals surface area contributed by atoms with Gasteiger partial charge in [0.05, 0.1) is 0 Å². The highest BCUT2D eigenvalue weighted by Gasteiger charge is 2.28. The molecule has 1 aromatic rings. The predicted molar refractivity (Wildman–Crippen MR) is 96.2 cm³/mol. The van der Waals surface area contributed by atoms with E-state index in [0.29, 0.717) is 5.92 Å². The first-order valence-electron chi connectivity index (χ1n) is 8.76. The van der Waals surface area contributed by atoms with Gasteiger partial charge in [-0.1, -0.05) is 13.2 Å². The molecule has 3 heteroatoms. The van der Waals surface area contributed by atoms with Crippen LogP contribution in [0.15, 0.2) is 18.9 Å². The molecule has 0 bridgehead atoms. The van der Waals surface area contributed by atoms with Crippen molar-refractivity contribution in [1.82, 2.24) is 5.32 Å². The van der Waals surface area contributed by atoms with Crippen LogP contribution >= 0.6 is 11.3 Å². The Hall–Kier alpha value is -1.22. The van der Waals surface area contributed by atoms with Crippen LogP contribution in [0.4, 0.5) is 5.00 Å². The summed E-state index contributed by atoms with van der Waals surface area (Å²) in [6.45, 7) is 9.70. The third-order valence-electron chi connectivity index (χ3n) is 5.12. The minimum atomic E-state index is 0.694. The highest BCUT2D eigenvalue weighted by molar-refractivity contribution is 7.16. The van der Waals surface area contributed by atoms with Crippen LogP contribution < -0.4 is 10.6 Å². The van der Waals surface area contributed by atoms with Gasteiger partial charge in [0, 0.05) is 28.4 Å². The van der Waals surface area contributed by atoms with Crippen molar-refractivity contribution in [3.8, 4) is 0 Å². The van der Waals surface area contributed by atoms with Gasteiger partial charge in [0.2, 0.25) is 0 Å². The molecule has 0 unspecified atom stereocenters. The van der Waals surface area contributed by atoms with Crippen LogP contribution in [0.2, 0.25) is 0 Å². The second-order valence-electron chi connectivity index (χ2n) is 7.14. The molecule has 1 heterocycles. The lowest BCUT2D eigenvalue weighted by Gasteiger charge is -2.17. The van der Waals surface area contributed by atoms with Crippen LogP contribution in [0.5, 0.6) is 0 Å². The van der Waals surface area contributed by atoms with Gasteiger partial charge in [-0.05, 0) is 68.8 Å². The van der Waals surface area contributed by atoms with Crippen LogP contribution in [-0.2, 0) is 12.8 Å². The Morgan fingerprint density at radius 1 is 1.09 bits per heavy atom. The van der Waals surface area contributed by atoms with Gasteiger partial charge in [-0.2, -0.15) is 0 Å². The fraction of sp³-hybridized carbons (Fsp3) is 0.579. The minimum Gasteiger partial charge on any atom is -0.385 e. The number of hydrogen-bond donors (Lipinski definition) is 2. The van der Waals surface area contributed by atoms with E-state index < -0.39 is 0 Å². The van der Waals surface area contributed by atoms with Crippen molar-refractivity contribution < 1.29 is 0 Å². The fourth-order valence-corrected chi connectivity index (χ4v) is 4.68. The number of fused-ring (bicyclic) bond motifs is 1. The molecule has 3 aliphatic carbocycles. The van der Waals surface area contributed by atoms with E-state index in [1.165, 1.54) is 67.6 Å². The maximum atomic E-state index is 4.36. The highest BCUT2D eigenvalue weighted by Crippen LogP contribution is 2.44. The fourth-order valence-electron chi connectivity index (χ4n) is 3.33. The summed E-state index contributed by atoms with van der Waals surface area (Å²) in [4.78, 5) is 1.57. The molecule has 0 spiro atoms. The maximum absolute atomic E-state index is 4.36. The third-order valence-corrected chi connectivity index (χ3v) is 6.33. The second-order valence-corrected chi connectivity index (χ2v) is 8.25. The Balaban J connectivity index is 1.58. The van der Waals surface area contributed by atoms with E-state index >= 15 is 0 Å². The van der Waals surface area contributed by atoms with Crippen LogP contribution in [0, 0.1) is 11.8 Å². The molecular weight excluding hydrogens is 288 g/mol. The number of hydrogen-bond acceptors (Lipinski definition) is 3. The Labute approximate surface area is 137 Å². The average Bonchev–Trinajstić information content (AvgIpc) is 3.41. The summed E-state index contributed by atoms with van der Waals surface area (Å²) in [5.41, 5.74) is 5.24. The third kappa shape index (κ3) is 2.96. The molecule has 0 aliphatic heterocycles. The van der Waals surface area contributed by atoms with Crippen LogP contribution in [0.25, 0.3) is 5.70 Å². The minimum absolute atomic E-state index is 0.694. The molecule has 0 amide bonds. The number of rotatable bonds is 7. The van der Waals surface area contributed by atoms with Crippen molar-refractivity contribution in [1.29, 1.82) is 0 Å². The zero-order valence-corrected chi connectivity index (χ0v) is 14.2. The number of allylic oxidation sites excluding steroid dienone is 1. The van der Waals surface area contributed by atoms with E-state index in [1.54, 1.807) is 10.4 Å². The molecule has 2 N–H and O–H groups in total. The van der Waals surface area contributed by atoms with Crippen LogP contribution in [-0.4, -0.2) is 6.54 Å². The summed E-state index contributed by atoms with van der Waals surface area (Å²) < 4.78 is 0. The lowest BCUT2D eigenvalue weighted by atomic mass is 9.94. The first-order chi connectivity index (χ1) is 10.7. The number of aryl methyl sites for hydroxylation is 1. The molecule has 2 fully saturated rings. The van der Waals surface area contributed by atoms with E-state index in [0.717, 1.165) is 18.2 Å². The number of thiophene rings is 1. The molecule has 2 saturated carbocycles. The molecule has 4 rings (SSSR count). The van der Waals surface area contributed by atoms with Gasteiger partial charge in [-0.15, -0.1) is 11.3 Å². The Bertz CT molecular complexity index is 605. The van der Waals surface area contributed by atoms with E-state index in [9.17, 15) is 0 Å². The summed E-state index contributed by atoms with van der Waals surface area (Å²) in [6, 6.07) is 0. The van der Waals surface area contributed by atoms with Gasteiger partial charge in [0.25, 0.3) is 0 Å². The molecule has 1 aromatic heterocycles. The average molecular weight is 314 g/mol. The topological polar surface area (TPSA) is 24.1 Å². The van der Waals surface area contributed by atoms with E-state index in [-0.39, 0.29) is 0 Å². The maximum Gasteiger partial charge on any atom is 0.102 e. The van der Waals surface area contributed by atoms with Crippen LogP contribution in [0.3, 0.4) is 0 Å². The quantitative estimate of drug-likeness (QED) is 0.745. The molecule has 0 atom stereocenters. The number of nitrogens with one attached hydrogen (secondary N) is 2. The van der Waals surface area contributed by atoms with Gasteiger partial charge >= 0.3 is 0 Å². The summed E-state index contributed by atoms with van der Waals surface area (Å²) >= 11 is 1.94. The van der Waals surface area contributed by atoms with Crippen molar-refractivity contribution in [3.63, 3.8) is 0 Å². The first kappa shape index (κ1) is 14.4. The Morgan fingerprint density at radius 3 is 2.59 bits per heavy atom. The smallest absolute Gasteiger partial charge is 0.102 e. The lowest BCUT2D eigenvalue weighted by Crippen LogP contribution is -2.16. The second kappa shape index (κ2) is 5.77. The Kier molecular flexibility index (Phi) is 3.77. The molecule has 3 aliphatic rings. The zero-order chi connectivity index (χ0) is 15.1. The molecule has 2 nitrogen and oxygen atoms in total. The largest absolute Gasteiger partial charge is 0.385 e.